The third-order valence-electron chi connectivity index (χ3n) is 9.75. The number of carbonyl (C=O) groups excluding carboxylic acids is 1. The number of thiocarbonyl (C=S) groups is 1. The Morgan fingerprint density at radius 3 is 2.13 bits per heavy atom. The molecular formula is C39H54N4O2S2. The number of pyridine rings is 1. The predicted octanol–water partition coefficient (Wildman–Crippen LogP) is 9.41. The van der Waals surface area contributed by atoms with E-state index in [9.17, 15) is 14.9 Å². The number of nitrogens with zero attached hydrogens (tertiary/aromatic N) is 4. The van der Waals surface area contributed by atoms with E-state index in [1.807, 2.05) is 17.6 Å². The third-order valence-corrected chi connectivity index (χ3v) is 11.1. The van der Waals surface area contributed by atoms with Crippen LogP contribution in [0.2, 0.25) is 0 Å². The van der Waals surface area contributed by atoms with Crippen LogP contribution in [-0.4, -0.2) is 39.3 Å². The monoisotopic (exact) mass is 674 g/mol. The molecule has 2 aromatic rings. The minimum Gasteiger partial charge on any atom is -0.357 e. The van der Waals surface area contributed by atoms with Crippen molar-refractivity contribution in [2.45, 2.75) is 124 Å². The Morgan fingerprint density at radius 2 is 1.51 bits per heavy atom. The molecule has 0 spiro atoms. The normalized spacial score (nSPS) is 16.4. The zero-order valence-corrected chi connectivity index (χ0v) is 30.5. The summed E-state index contributed by atoms with van der Waals surface area (Å²) in [5.41, 5.74) is 2.74. The first-order chi connectivity index (χ1) is 22.9. The highest BCUT2D eigenvalue weighted by molar-refractivity contribution is 8.26. The number of hydrogen-bond donors (Lipinski definition) is 0. The standard InChI is InChI=1S/C39H54N4O2S2/c1-4-6-8-9-10-11-12-13-14-18-24-43-38(45)35(47-39(43)46)28-33-30(3)34(29-40)37(44)42(23-7-5-2)36(33)41-25-21-32(22-26-41)27-31-19-16-15-17-20-31/h15-17,19-20,28,32H,4-14,18,21-27H2,1-3H3/b35-28-. The molecule has 4 rings (SSSR count). The van der Waals surface area contributed by atoms with Crippen LogP contribution in [0.25, 0.3) is 6.08 Å². The average molecular weight is 675 g/mol. The largest absolute Gasteiger partial charge is 0.357 e. The highest BCUT2D eigenvalue weighted by atomic mass is 32.2. The van der Waals surface area contributed by atoms with Crippen molar-refractivity contribution in [1.29, 1.82) is 5.26 Å². The Morgan fingerprint density at radius 1 is 0.894 bits per heavy atom. The highest BCUT2D eigenvalue weighted by Crippen LogP contribution is 2.37. The zero-order valence-electron chi connectivity index (χ0n) is 28.9. The Hall–Kier alpha value is -2.89. The number of unbranched alkanes of at least 4 members (excludes halogenated alkanes) is 10. The molecule has 2 aliphatic rings. The highest BCUT2D eigenvalue weighted by Gasteiger charge is 2.33. The van der Waals surface area contributed by atoms with E-state index in [2.05, 4.69) is 55.1 Å². The number of anilines is 1. The number of thioether (sulfide) groups is 1. The van der Waals surface area contributed by atoms with Crippen LogP contribution in [-0.2, 0) is 17.8 Å². The van der Waals surface area contributed by atoms with E-state index in [1.54, 1.807) is 4.90 Å². The van der Waals surface area contributed by atoms with Crippen molar-refractivity contribution in [3.05, 3.63) is 67.8 Å². The smallest absolute Gasteiger partial charge is 0.270 e. The molecule has 2 fully saturated rings. The van der Waals surface area contributed by atoms with Gasteiger partial charge >= 0.3 is 0 Å². The SMILES string of the molecule is CCCCCCCCCCCCN1C(=O)/C(=C/c2c(C)c(C#N)c(=O)n(CCCC)c2N2CCC(Cc3ccccc3)CC2)SC1=S. The van der Waals surface area contributed by atoms with Gasteiger partial charge in [-0.05, 0) is 62.1 Å². The van der Waals surface area contributed by atoms with Gasteiger partial charge in [-0.1, -0.05) is 132 Å². The molecule has 0 aliphatic carbocycles. The van der Waals surface area contributed by atoms with Gasteiger partial charge in [0.25, 0.3) is 11.5 Å². The summed E-state index contributed by atoms with van der Waals surface area (Å²) >= 11 is 7.05. The van der Waals surface area contributed by atoms with Gasteiger partial charge in [0.1, 0.15) is 21.8 Å². The first kappa shape index (κ1) is 36.9. The van der Waals surface area contributed by atoms with Gasteiger partial charge in [-0.2, -0.15) is 5.26 Å². The van der Waals surface area contributed by atoms with Gasteiger partial charge in [-0.15, -0.1) is 0 Å². The quantitative estimate of drug-likeness (QED) is 0.0892. The molecule has 0 bridgehead atoms. The average Bonchev–Trinajstić information content (AvgIpc) is 3.34. The minimum absolute atomic E-state index is 0.0624. The number of piperidine rings is 1. The summed E-state index contributed by atoms with van der Waals surface area (Å²) in [5, 5.41) is 10.1. The van der Waals surface area contributed by atoms with Crippen LogP contribution in [0.15, 0.2) is 40.0 Å². The predicted molar refractivity (Wildman–Crippen MR) is 202 cm³/mol. The number of rotatable bonds is 18. The summed E-state index contributed by atoms with van der Waals surface area (Å²) < 4.78 is 2.40. The van der Waals surface area contributed by atoms with E-state index in [0.29, 0.717) is 33.8 Å². The molecule has 6 nitrogen and oxygen atoms in total. The van der Waals surface area contributed by atoms with Crippen LogP contribution in [0.3, 0.4) is 0 Å². The van der Waals surface area contributed by atoms with Crippen LogP contribution in [0.1, 0.15) is 126 Å². The lowest BCUT2D eigenvalue weighted by atomic mass is 9.90. The molecule has 1 aromatic carbocycles. The van der Waals surface area contributed by atoms with Gasteiger partial charge < -0.3 is 4.90 Å². The molecule has 0 unspecified atom stereocenters. The summed E-state index contributed by atoms with van der Waals surface area (Å²) in [4.78, 5) is 32.1. The lowest BCUT2D eigenvalue weighted by molar-refractivity contribution is -0.122. The summed E-state index contributed by atoms with van der Waals surface area (Å²) in [5.74, 6) is 1.36. The third kappa shape index (κ3) is 10.1. The van der Waals surface area contributed by atoms with Crippen molar-refractivity contribution in [3.8, 4) is 6.07 Å². The fourth-order valence-electron chi connectivity index (χ4n) is 6.89. The van der Waals surface area contributed by atoms with Crippen LogP contribution >= 0.6 is 24.0 Å². The summed E-state index contributed by atoms with van der Waals surface area (Å²) in [7, 11) is 0. The van der Waals surface area contributed by atoms with Crippen molar-refractivity contribution in [2.75, 3.05) is 24.5 Å². The number of nitriles is 1. The maximum Gasteiger partial charge on any atom is 0.270 e. The maximum absolute atomic E-state index is 13.7. The first-order valence-electron chi connectivity index (χ1n) is 18.1. The molecule has 8 heteroatoms. The Labute approximate surface area is 292 Å². The molecule has 1 amide bonds. The molecule has 2 saturated heterocycles. The number of carbonyl (C=O) groups is 1. The van der Waals surface area contributed by atoms with E-state index in [-0.39, 0.29) is 17.0 Å². The molecular weight excluding hydrogens is 621 g/mol. The van der Waals surface area contributed by atoms with Crippen molar-refractivity contribution in [3.63, 3.8) is 0 Å². The number of benzene rings is 1. The van der Waals surface area contributed by atoms with Crippen LogP contribution in [0.4, 0.5) is 5.82 Å². The summed E-state index contributed by atoms with van der Waals surface area (Å²) in [6, 6.07) is 12.8. The van der Waals surface area contributed by atoms with Crippen molar-refractivity contribution < 1.29 is 4.79 Å². The Bertz CT molecular complexity index is 1470. The van der Waals surface area contributed by atoms with Gasteiger partial charge in [0.15, 0.2) is 0 Å². The molecule has 0 N–H and O–H groups in total. The van der Waals surface area contributed by atoms with Crippen LogP contribution in [0, 0.1) is 24.2 Å². The Balaban J connectivity index is 1.50. The lowest BCUT2D eigenvalue weighted by Gasteiger charge is -2.36. The molecule has 0 atom stereocenters. The summed E-state index contributed by atoms with van der Waals surface area (Å²) in [6.45, 7) is 9.06. The van der Waals surface area contributed by atoms with E-state index < -0.39 is 0 Å². The van der Waals surface area contributed by atoms with Crippen molar-refractivity contribution in [2.24, 2.45) is 5.92 Å². The second-order valence-corrected chi connectivity index (χ2v) is 15.0. The van der Waals surface area contributed by atoms with Crippen molar-refractivity contribution in [1.82, 2.24) is 9.47 Å². The number of amides is 1. The maximum atomic E-state index is 13.7. The zero-order chi connectivity index (χ0) is 33.6. The van der Waals surface area contributed by atoms with Gasteiger partial charge in [0.05, 0.1) is 4.91 Å². The molecule has 2 aliphatic heterocycles. The van der Waals surface area contributed by atoms with E-state index in [1.165, 1.54) is 68.7 Å². The molecule has 0 radical (unpaired) electrons. The van der Waals surface area contributed by atoms with Crippen molar-refractivity contribution >= 4 is 46.1 Å². The van der Waals surface area contributed by atoms with Crippen LogP contribution < -0.4 is 10.5 Å². The number of aromatic nitrogens is 1. The molecule has 254 valence electrons. The van der Waals surface area contributed by atoms with E-state index in [0.717, 1.165) is 69.4 Å². The van der Waals surface area contributed by atoms with Crippen LogP contribution in [0.5, 0.6) is 0 Å². The second-order valence-electron chi connectivity index (χ2n) is 13.3. The minimum atomic E-state index is -0.231. The van der Waals surface area contributed by atoms with E-state index >= 15 is 0 Å². The van der Waals surface area contributed by atoms with E-state index in [4.69, 9.17) is 12.2 Å². The number of hydrogen-bond acceptors (Lipinski definition) is 6. The van der Waals surface area contributed by atoms with Gasteiger partial charge in [0.2, 0.25) is 0 Å². The van der Waals surface area contributed by atoms with Gasteiger partial charge in [-0.25, -0.2) is 0 Å². The molecule has 3 heterocycles. The summed E-state index contributed by atoms with van der Waals surface area (Å²) in [6.07, 6.45) is 19.2. The fourth-order valence-corrected chi connectivity index (χ4v) is 8.18. The topological polar surface area (TPSA) is 69.3 Å². The molecule has 1 aromatic heterocycles. The van der Waals surface area contributed by atoms with Gasteiger partial charge in [-0.3, -0.25) is 19.1 Å². The molecule has 0 saturated carbocycles. The lowest BCUT2D eigenvalue weighted by Crippen LogP contribution is -2.40. The fraction of sp³-hybridized carbons (Fsp3) is 0.590. The van der Waals surface area contributed by atoms with Gasteiger partial charge in [0, 0.05) is 31.7 Å². The Kier molecular flexibility index (Phi) is 15.1. The molecule has 47 heavy (non-hydrogen) atoms. The second kappa shape index (κ2) is 19.2. The first-order valence-corrected chi connectivity index (χ1v) is 19.3.